The lowest BCUT2D eigenvalue weighted by molar-refractivity contribution is -0.145. The molecule has 0 bridgehead atoms. The van der Waals surface area contributed by atoms with Crippen molar-refractivity contribution in [2.45, 2.75) is 32.6 Å². The van der Waals surface area contributed by atoms with Gasteiger partial charge in [-0.2, -0.15) is 5.10 Å². The molecular weight excluding hydrogens is 361 g/mol. The molecule has 1 saturated heterocycles. The molecule has 144 valence electrons. The second-order valence-electron chi connectivity index (χ2n) is 7.32. The fourth-order valence-corrected chi connectivity index (χ4v) is 3.87. The third kappa shape index (κ3) is 3.17. The van der Waals surface area contributed by atoms with Crippen molar-refractivity contribution in [1.29, 1.82) is 0 Å². The molecule has 1 aromatic carbocycles. The number of H-pyrrole nitrogens is 1. The van der Waals surface area contributed by atoms with Crippen LogP contribution >= 0.6 is 0 Å². The fourth-order valence-electron chi connectivity index (χ4n) is 3.87. The average Bonchev–Trinajstić information content (AvgIpc) is 2.67. The van der Waals surface area contributed by atoms with Gasteiger partial charge in [-0.05, 0) is 36.8 Å². The summed E-state index contributed by atoms with van der Waals surface area (Å²) in [5, 5.41) is 7.99. The van der Waals surface area contributed by atoms with Crippen LogP contribution in [0.2, 0.25) is 0 Å². The van der Waals surface area contributed by atoms with Gasteiger partial charge in [0, 0.05) is 18.2 Å². The Kier molecular flexibility index (Phi) is 4.66. The number of rotatable bonds is 3. The highest BCUT2D eigenvalue weighted by Crippen LogP contribution is 2.34. The van der Waals surface area contributed by atoms with Crippen molar-refractivity contribution in [2.24, 2.45) is 11.8 Å². The van der Waals surface area contributed by atoms with E-state index in [1.165, 1.54) is 6.08 Å². The molecule has 2 aliphatic rings. The summed E-state index contributed by atoms with van der Waals surface area (Å²) in [5.41, 5.74) is 0.462. The summed E-state index contributed by atoms with van der Waals surface area (Å²) < 4.78 is 14.6. The molecule has 1 aliphatic carbocycles. The SMILES string of the molecule is CC1C=C(F)C(N2C(=O)CCCC2=O)=CC1Cc1n[nH]c(=O)c2ccccc12. The van der Waals surface area contributed by atoms with Gasteiger partial charge in [0.05, 0.1) is 16.8 Å². The minimum Gasteiger partial charge on any atom is -0.274 e. The summed E-state index contributed by atoms with van der Waals surface area (Å²) in [4.78, 5) is 37.4. The number of halogens is 1. The molecule has 0 saturated carbocycles. The molecule has 1 fully saturated rings. The molecule has 1 aliphatic heterocycles. The molecule has 4 rings (SSSR count). The Hall–Kier alpha value is -3.09. The van der Waals surface area contributed by atoms with Crippen molar-refractivity contribution >= 4 is 22.6 Å². The summed E-state index contributed by atoms with van der Waals surface area (Å²) >= 11 is 0. The number of carbonyl (C=O) groups excluding carboxylic acids is 2. The van der Waals surface area contributed by atoms with E-state index in [-0.39, 0.29) is 47.7 Å². The highest BCUT2D eigenvalue weighted by molar-refractivity contribution is 6.00. The predicted octanol–water partition coefficient (Wildman–Crippen LogP) is 3.01. The summed E-state index contributed by atoms with van der Waals surface area (Å²) in [6, 6.07) is 7.19. The van der Waals surface area contributed by atoms with Crippen LogP contribution in [0.4, 0.5) is 4.39 Å². The molecule has 2 unspecified atom stereocenters. The Morgan fingerprint density at radius 2 is 1.79 bits per heavy atom. The van der Waals surface area contributed by atoms with E-state index >= 15 is 0 Å². The number of aromatic amines is 1. The maximum atomic E-state index is 14.6. The van der Waals surface area contributed by atoms with Crippen molar-refractivity contribution in [3.8, 4) is 0 Å². The molecule has 0 radical (unpaired) electrons. The molecule has 0 spiro atoms. The van der Waals surface area contributed by atoms with Crippen LogP contribution < -0.4 is 5.56 Å². The van der Waals surface area contributed by atoms with E-state index in [9.17, 15) is 18.8 Å². The second kappa shape index (κ2) is 7.14. The maximum Gasteiger partial charge on any atom is 0.272 e. The molecule has 2 heterocycles. The number of piperidine rings is 1. The fraction of sp³-hybridized carbons (Fsp3) is 0.333. The van der Waals surface area contributed by atoms with E-state index in [2.05, 4.69) is 10.2 Å². The van der Waals surface area contributed by atoms with Crippen LogP contribution in [0, 0.1) is 11.8 Å². The molecule has 28 heavy (non-hydrogen) atoms. The van der Waals surface area contributed by atoms with Gasteiger partial charge >= 0.3 is 0 Å². The summed E-state index contributed by atoms with van der Waals surface area (Å²) in [6.07, 6.45) is 4.53. The van der Waals surface area contributed by atoms with Gasteiger partial charge in [0.25, 0.3) is 5.56 Å². The zero-order valence-electron chi connectivity index (χ0n) is 15.4. The van der Waals surface area contributed by atoms with Gasteiger partial charge in [-0.1, -0.05) is 31.2 Å². The molecule has 7 heteroatoms. The van der Waals surface area contributed by atoms with Gasteiger partial charge < -0.3 is 0 Å². The lowest BCUT2D eigenvalue weighted by atomic mass is 9.84. The average molecular weight is 381 g/mol. The lowest BCUT2D eigenvalue weighted by Gasteiger charge is -2.31. The number of imide groups is 1. The van der Waals surface area contributed by atoms with Crippen molar-refractivity contribution in [2.75, 3.05) is 0 Å². The molecular formula is C21H20FN3O3. The first kappa shape index (κ1) is 18.3. The minimum absolute atomic E-state index is 0.0338. The summed E-state index contributed by atoms with van der Waals surface area (Å²) in [5.74, 6) is -1.60. The number of carbonyl (C=O) groups is 2. The zero-order valence-corrected chi connectivity index (χ0v) is 15.4. The van der Waals surface area contributed by atoms with E-state index in [4.69, 9.17) is 0 Å². The standard InChI is InChI=1S/C21H20FN3O3/c1-12-9-16(22)18(25-19(26)7-4-8-20(25)27)11-13(12)10-17-14-5-2-3-6-15(14)21(28)24-23-17/h2-3,5-6,9,11-13H,4,7-8,10H2,1H3,(H,24,28). The topological polar surface area (TPSA) is 83.1 Å². The Labute approximate surface area is 160 Å². The Bertz CT molecular complexity index is 1070. The Morgan fingerprint density at radius 1 is 1.11 bits per heavy atom. The predicted molar refractivity (Wildman–Crippen MR) is 102 cm³/mol. The van der Waals surface area contributed by atoms with Gasteiger partial charge in [-0.15, -0.1) is 0 Å². The van der Waals surface area contributed by atoms with Crippen molar-refractivity contribution in [3.63, 3.8) is 0 Å². The zero-order chi connectivity index (χ0) is 19.8. The molecule has 2 amide bonds. The smallest absolute Gasteiger partial charge is 0.272 e. The Balaban J connectivity index is 1.71. The van der Waals surface area contributed by atoms with Crippen LogP contribution in [-0.4, -0.2) is 26.9 Å². The molecule has 1 aromatic heterocycles. The second-order valence-corrected chi connectivity index (χ2v) is 7.32. The van der Waals surface area contributed by atoms with E-state index in [0.717, 1.165) is 10.3 Å². The minimum atomic E-state index is -0.549. The number of likely N-dealkylation sites (tertiary alicyclic amines) is 1. The summed E-state index contributed by atoms with van der Waals surface area (Å²) in [6.45, 7) is 1.88. The van der Waals surface area contributed by atoms with Crippen LogP contribution in [-0.2, 0) is 16.0 Å². The quantitative estimate of drug-likeness (QED) is 0.829. The number of hydrogen-bond donors (Lipinski definition) is 1. The van der Waals surface area contributed by atoms with Gasteiger partial charge in [0.1, 0.15) is 5.83 Å². The lowest BCUT2D eigenvalue weighted by Crippen LogP contribution is -2.40. The molecule has 2 aromatic rings. The largest absolute Gasteiger partial charge is 0.274 e. The van der Waals surface area contributed by atoms with Gasteiger partial charge in [0.15, 0.2) is 0 Å². The van der Waals surface area contributed by atoms with Crippen LogP contribution in [0.15, 0.2) is 52.7 Å². The van der Waals surface area contributed by atoms with Gasteiger partial charge in [-0.25, -0.2) is 14.4 Å². The van der Waals surface area contributed by atoms with E-state index in [0.29, 0.717) is 23.9 Å². The first-order chi connectivity index (χ1) is 13.5. The number of benzene rings is 1. The monoisotopic (exact) mass is 381 g/mol. The van der Waals surface area contributed by atoms with E-state index < -0.39 is 5.83 Å². The van der Waals surface area contributed by atoms with E-state index in [1.54, 1.807) is 18.2 Å². The first-order valence-electron chi connectivity index (χ1n) is 9.37. The van der Waals surface area contributed by atoms with Gasteiger partial charge in [0.2, 0.25) is 11.8 Å². The number of allylic oxidation sites excluding steroid dienone is 3. The third-order valence-corrected chi connectivity index (χ3v) is 5.43. The summed E-state index contributed by atoms with van der Waals surface area (Å²) in [7, 11) is 0. The number of fused-ring (bicyclic) bond motifs is 1. The van der Waals surface area contributed by atoms with Crippen LogP contribution in [0.5, 0.6) is 0 Å². The maximum absolute atomic E-state index is 14.6. The number of hydrogen-bond acceptors (Lipinski definition) is 4. The molecule has 2 atom stereocenters. The van der Waals surface area contributed by atoms with Gasteiger partial charge in [-0.3, -0.25) is 14.4 Å². The normalized spacial score (nSPS) is 23.0. The molecule has 6 nitrogen and oxygen atoms in total. The molecule has 1 N–H and O–H groups in total. The van der Waals surface area contributed by atoms with Crippen molar-refractivity contribution in [1.82, 2.24) is 15.1 Å². The first-order valence-corrected chi connectivity index (χ1v) is 9.37. The van der Waals surface area contributed by atoms with E-state index in [1.807, 2.05) is 19.1 Å². The number of amides is 2. The van der Waals surface area contributed by atoms with Crippen LogP contribution in [0.25, 0.3) is 10.8 Å². The van der Waals surface area contributed by atoms with Crippen molar-refractivity contribution < 1.29 is 14.0 Å². The number of nitrogens with one attached hydrogen (secondary N) is 1. The highest BCUT2D eigenvalue weighted by Gasteiger charge is 2.34. The van der Waals surface area contributed by atoms with Crippen LogP contribution in [0.3, 0.4) is 0 Å². The Morgan fingerprint density at radius 3 is 2.50 bits per heavy atom. The third-order valence-electron chi connectivity index (χ3n) is 5.43. The number of aromatic nitrogens is 2. The highest BCUT2D eigenvalue weighted by atomic mass is 19.1. The van der Waals surface area contributed by atoms with Crippen LogP contribution in [0.1, 0.15) is 31.9 Å². The van der Waals surface area contributed by atoms with Crippen molar-refractivity contribution in [3.05, 3.63) is 64.0 Å². The number of nitrogens with zero attached hydrogens (tertiary/aromatic N) is 2.